The molecule has 0 radical (unpaired) electrons. The van der Waals surface area contributed by atoms with E-state index in [1.165, 1.54) is 0 Å². The number of fused-ring (bicyclic) bond motifs is 1. The molecule has 0 aliphatic heterocycles. The molecule has 1 amide bonds. The van der Waals surface area contributed by atoms with E-state index in [-0.39, 0.29) is 18.1 Å². The third-order valence-electron chi connectivity index (χ3n) is 3.84. The first-order chi connectivity index (χ1) is 11.6. The lowest BCUT2D eigenvalue weighted by atomic mass is 10.0. The van der Waals surface area contributed by atoms with Crippen molar-refractivity contribution in [1.29, 1.82) is 0 Å². The smallest absolute Gasteiger partial charge is 0.244 e. The third-order valence-corrected chi connectivity index (χ3v) is 3.84. The highest BCUT2D eigenvalue weighted by Gasteiger charge is 2.07. The van der Waals surface area contributed by atoms with Crippen molar-refractivity contribution in [1.82, 2.24) is 5.43 Å². The topological polar surface area (TPSA) is 61.7 Å². The number of benzene rings is 3. The van der Waals surface area contributed by atoms with Crippen LogP contribution in [0.15, 0.2) is 71.8 Å². The fourth-order valence-electron chi connectivity index (χ4n) is 2.60. The Balaban J connectivity index is 1.72. The molecule has 0 atom stereocenters. The summed E-state index contributed by atoms with van der Waals surface area (Å²) in [6.45, 7) is 1.78. The number of rotatable bonds is 4. The van der Waals surface area contributed by atoms with E-state index in [1.807, 2.05) is 48.5 Å². The molecule has 3 aromatic rings. The summed E-state index contributed by atoms with van der Waals surface area (Å²) in [6.07, 6.45) is 0.262. The second kappa shape index (κ2) is 6.96. The van der Waals surface area contributed by atoms with Gasteiger partial charge in [-0.15, -0.1) is 0 Å². The van der Waals surface area contributed by atoms with E-state index in [2.05, 4.69) is 10.5 Å². The first-order valence-corrected chi connectivity index (χ1v) is 7.72. The highest BCUT2D eigenvalue weighted by Crippen LogP contribution is 2.18. The lowest BCUT2D eigenvalue weighted by molar-refractivity contribution is -0.120. The number of phenols is 1. The molecule has 3 rings (SSSR count). The van der Waals surface area contributed by atoms with Crippen molar-refractivity contribution in [3.05, 3.63) is 77.9 Å². The molecule has 3 aromatic carbocycles. The Kier molecular flexibility index (Phi) is 4.57. The molecule has 0 spiro atoms. The Morgan fingerprint density at radius 1 is 1.04 bits per heavy atom. The zero-order valence-corrected chi connectivity index (χ0v) is 13.4. The molecule has 0 fully saturated rings. The van der Waals surface area contributed by atoms with E-state index >= 15 is 0 Å². The molecular formula is C20H18N2O2. The number of nitrogens with zero attached hydrogens (tertiary/aromatic N) is 1. The molecular weight excluding hydrogens is 300 g/mol. The normalized spacial score (nSPS) is 11.5. The summed E-state index contributed by atoms with van der Waals surface area (Å²) >= 11 is 0. The minimum absolute atomic E-state index is 0.170. The van der Waals surface area contributed by atoms with Gasteiger partial charge in [-0.05, 0) is 35.4 Å². The molecule has 0 bridgehead atoms. The van der Waals surface area contributed by atoms with Crippen LogP contribution in [0.3, 0.4) is 0 Å². The van der Waals surface area contributed by atoms with Crippen molar-refractivity contribution in [3.8, 4) is 5.75 Å². The molecule has 0 heterocycles. The van der Waals surface area contributed by atoms with Crippen LogP contribution in [0.5, 0.6) is 5.75 Å². The van der Waals surface area contributed by atoms with Crippen molar-refractivity contribution >= 4 is 22.4 Å². The number of phenolic OH excluding ortho intramolecular Hbond substituents is 1. The second-order valence-corrected chi connectivity index (χ2v) is 5.60. The highest BCUT2D eigenvalue weighted by molar-refractivity contribution is 5.99. The van der Waals surface area contributed by atoms with Gasteiger partial charge in [0.1, 0.15) is 5.75 Å². The maximum absolute atomic E-state index is 12.2. The van der Waals surface area contributed by atoms with E-state index in [0.29, 0.717) is 5.71 Å². The van der Waals surface area contributed by atoms with E-state index in [1.54, 1.807) is 25.1 Å². The van der Waals surface area contributed by atoms with Gasteiger partial charge in [0.05, 0.1) is 12.1 Å². The number of nitrogens with one attached hydrogen (secondary N) is 1. The van der Waals surface area contributed by atoms with Gasteiger partial charge >= 0.3 is 0 Å². The molecule has 0 aliphatic rings. The lowest BCUT2D eigenvalue weighted by Gasteiger charge is -2.06. The van der Waals surface area contributed by atoms with Gasteiger partial charge in [0.2, 0.25) is 5.91 Å². The van der Waals surface area contributed by atoms with Crippen LogP contribution < -0.4 is 5.43 Å². The van der Waals surface area contributed by atoms with Crippen LogP contribution in [0, 0.1) is 0 Å². The molecule has 0 saturated carbocycles. The summed E-state index contributed by atoms with van der Waals surface area (Å²) in [5.74, 6) is -0.00464. The van der Waals surface area contributed by atoms with Gasteiger partial charge in [-0.1, -0.05) is 54.6 Å². The minimum Gasteiger partial charge on any atom is -0.508 e. The summed E-state index contributed by atoms with van der Waals surface area (Å²) in [6, 6.07) is 20.7. The molecule has 4 nitrogen and oxygen atoms in total. The van der Waals surface area contributed by atoms with Crippen molar-refractivity contribution in [2.24, 2.45) is 5.10 Å². The monoisotopic (exact) mass is 318 g/mol. The largest absolute Gasteiger partial charge is 0.508 e. The SMILES string of the molecule is C/C(=N/NC(=O)Cc1cccc2ccccc12)c1cccc(O)c1. The summed E-state index contributed by atoms with van der Waals surface area (Å²) in [5.41, 5.74) is 4.95. The maximum atomic E-state index is 12.2. The number of hydrogen-bond acceptors (Lipinski definition) is 3. The number of amides is 1. The average Bonchev–Trinajstić information content (AvgIpc) is 2.60. The summed E-state index contributed by atoms with van der Waals surface area (Å²) in [7, 11) is 0. The zero-order chi connectivity index (χ0) is 16.9. The van der Waals surface area contributed by atoms with Crippen LogP contribution in [0.4, 0.5) is 0 Å². The number of aromatic hydroxyl groups is 1. The Morgan fingerprint density at radius 3 is 2.62 bits per heavy atom. The molecule has 4 heteroatoms. The number of carbonyl (C=O) groups excluding carboxylic acids is 1. The first kappa shape index (κ1) is 15.7. The van der Waals surface area contributed by atoms with Gasteiger partial charge in [-0.2, -0.15) is 5.10 Å². The number of hydrazone groups is 1. The summed E-state index contributed by atoms with van der Waals surface area (Å²) in [4.78, 5) is 12.2. The van der Waals surface area contributed by atoms with Crippen LogP contribution in [0.1, 0.15) is 18.1 Å². The van der Waals surface area contributed by atoms with Crippen LogP contribution in [-0.4, -0.2) is 16.7 Å². The van der Waals surface area contributed by atoms with Gasteiger partial charge in [-0.25, -0.2) is 5.43 Å². The van der Waals surface area contributed by atoms with Gasteiger partial charge in [0.25, 0.3) is 0 Å². The molecule has 120 valence electrons. The Hall–Kier alpha value is -3.14. The fourth-order valence-corrected chi connectivity index (χ4v) is 2.60. The quantitative estimate of drug-likeness (QED) is 0.570. The molecule has 0 unspecified atom stereocenters. The Bertz CT molecular complexity index is 911. The number of hydrogen-bond donors (Lipinski definition) is 2. The molecule has 0 saturated heterocycles. The minimum atomic E-state index is -0.175. The van der Waals surface area contributed by atoms with Gasteiger partial charge in [-0.3, -0.25) is 4.79 Å². The average molecular weight is 318 g/mol. The van der Waals surface area contributed by atoms with Crippen LogP contribution >= 0.6 is 0 Å². The summed E-state index contributed by atoms with van der Waals surface area (Å²) in [5, 5.41) is 15.8. The standard InChI is InChI=1S/C20H18N2O2/c1-14(16-8-5-10-18(23)12-16)21-22-20(24)13-17-9-4-7-15-6-2-3-11-19(15)17/h2-12,23H,13H2,1H3,(H,22,24)/b21-14-. The second-order valence-electron chi connectivity index (χ2n) is 5.60. The lowest BCUT2D eigenvalue weighted by Crippen LogP contribution is -2.21. The van der Waals surface area contributed by atoms with Crippen molar-refractivity contribution in [3.63, 3.8) is 0 Å². The predicted molar refractivity (Wildman–Crippen MR) is 96.1 cm³/mol. The summed E-state index contributed by atoms with van der Waals surface area (Å²) < 4.78 is 0. The molecule has 24 heavy (non-hydrogen) atoms. The number of carbonyl (C=O) groups is 1. The third kappa shape index (κ3) is 3.60. The van der Waals surface area contributed by atoms with Crippen molar-refractivity contribution < 1.29 is 9.90 Å². The van der Waals surface area contributed by atoms with Gasteiger partial charge in [0, 0.05) is 5.56 Å². The van der Waals surface area contributed by atoms with E-state index in [0.717, 1.165) is 21.9 Å². The van der Waals surface area contributed by atoms with Crippen molar-refractivity contribution in [2.45, 2.75) is 13.3 Å². The highest BCUT2D eigenvalue weighted by atomic mass is 16.3. The predicted octanol–water partition coefficient (Wildman–Crippen LogP) is 3.63. The zero-order valence-electron chi connectivity index (χ0n) is 13.4. The van der Waals surface area contributed by atoms with Gasteiger partial charge < -0.3 is 5.11 Å². The van der Waals surface area contributed by atoms with Gasteiger partial charge in [0.15, 0.2) is 0 Å². The van der Waals surface area contributed by atoms with E-state index in [4.69, 9.17) is 0 Å². The Labute approximate surface area is 140 Å². The van der Waals surface area contributed by atoms with Crippen LogP contribution in [-0.2, 0) is 11.2 Å². The van der Waals surface area contributed by atoms with E-state index < -0.39 is 0 Å². The van der Waals surface area contributed by atoms with Crippen molar-refractivity contribution in [2.75, 3.05) is 0 Å². The first-order valence-electron chi connectivity index (χ1n) is 7.72. The maximum Gasteiger partial charge on any atom is 0.244 e. The Morgan fingerprint density at radius 2 is 1.79 bits per heavy atom. The van der Waals surface area contributed by atoms with E-state index in [9.17, 15) is 9.90 Å². The fraction of sp³-hybridized carbons (Fsp3) is 0.100. The molecule has 0 aliphatic carbocycles. The molecule has 0 aromatic heterocycles. The van der Waals surface area contributed by atoms with Crippen LogP contribution in [0.25, 0.3) is 10.8 Å². The van der Waals surface area contributed by atoms with Crippen LogP contribution in [0.2, 0.25) is 0 Å². The molecule has 2 N–H and O–H groups in total.